The molecule has 1 saturated heterocycles. The summed E-state index contributed by atoms with van der Waals surface area (Å²) in [6.07, 6.45) is 3.74. The van der Waals surface area contributed by atoms with Gasteiger partial charge >= 0.3 is 0 Å². The number of rotatable bonds is 6. The maximum absolute atomic E-state index is 12.3. The van der Waals surface area contributed by atoms with Crippen LogP contribution in [0.25, 0.3) is 10.9 Å². The summed E-state index contributed by atoms with van der Waals surface area (Å²) in [4.78, 5) is 18.3. The average molecular weight is 376 g/mol. The molecular formula is C23H26N3O2+. The summed E-state index contributed by atoms with van der Waals surface area (Å²) in [5.74, 6) is 0.583. The van der Waals surface area contributed by atoms with Crippen LogP contribution < -0.4 is 15.0 Å². The number of carbonyl (C=O) groups is 1. The first-order chi connectivity index (χ1) is 13.8. The minimum atomic E-state index is -0.0653. The van der Waals surface area contributed by atoms with Crippen molar-refractivity contribution in [3.8, 4) is 5.75 Å². The van der Waals surface area contributed by atoms with Gasteiger partial charge in [-0.3, -0.25) is 9.78 Å². The summed E-state index contributed by atoms with van der Waals surface area (Å²) >= 11 is 0. The van der Waals surface area contributed by atoms with Crippen molar-refractivity contribution < 1.29 is 14.4 Å². The van der Waals surface area contributed by atoms with Crippen LogP contribution >= 0.6 is 0 Å². The van der Waals surface area contributed by atoms with Gasteiger partial charge in [0, 0.05) is 36.0 Å². The van der Waals surface area contributed by atoms with Gasteiger partial charge in [-0.15, -0.1) is 0 Å². The molecule has 0 spiro atoms. The summed E-state index contributed by atoms with van der Waals surface area (Å²) in [5, 5.41) is 4.13. The Bertz CT molecular complexity index is 916. The molecule has 2 heterocycles. The van der Waals surface area contributed by atoms with E-state index in [9.17, 15) is 4.79 Å². The third-order valence-corrected chi connectivity index (χ3v) is 5.31. The summed E-state index contributed by atoms with van der Waals surface area (Å²) in [5.41, 5.74) is 2.16. The van der Waals surface area contributed by atoms with Crippen molar-refractivity contribution in [2.75, 3.05) is 19.7 Å². The number of aromatic nitrogens is 1. The van der Waals surface area contributed by atoms with E-state index in [2.05, 4.69) is 40.6 Å². The van der Waals surface area contributed by atoms with Gasteiger partial charge < -0.3 is 15.0 Å². The molecule has 3 aromatic rings. The molecule has 1 fully saturated rings. The lowest BCUT2D eigenvalue weighted by Crippen LogP contribution is -3.12. The van der Waals surface area contributed by atoms with Crippen molar-refractivity contribution in [1.82, 2.24) is 10.3 Å². The number of pyridine rings is 1. The zero-order chi connectivity index (χ0) is 19.2. The van der Waals surface area contributed by atoms with E-state index in [0.717, 1.165) is 43.4 Å². The van der Waals surface area contributed by atoms with Crippen molar-refractivity contribution in [1.29, 1.82) is 0 Å². The molecule has 5 heteroatoms. The van der Waals surface area contributed by atoms with Gasteiger partial charge in [0.15, 0.2) is 6.61 Å². The molecular weight excluding hydrogens is 350 g/mol. The number of fused-ring (bicyclic) bond motifs is 1. The molecule has 5 nitrogen and oxygen atoms in total. The standard InChI is InChI=1S/C23H25N3O2/c27-22(17-28-21-10-4-8-19-9-5-13-24-23(19)21)25-20-11-14-26(15-12-20)16-18-6-2-1-3-7-18/h1-10,13,20H,11-12,14-17H2,(H,25,27)/p+1. The van der Waals surface area contributed by atoms with Crippen LogP contribution in [0.3, 0.4) is 0 Å². The third-order valence-electron chi connectivity index (χ3n) is 5.31. The van der Waals surface area contributed by atoms with E-state index in [-0.39, 0.29) is 18.6 Å². The smallest absolute Gasteiger partial charge is 0.258 e. The monoisotopic (exact) mass is 376 g/mol. The van der Waals surface area contributed by atoms with E-state index in [0.29, 0.717) is 5.75 Å². The molecule has 2 aromatic carbocycles. The Kier molecular flexibility index (Phi) is 5.83. The minimum absolute atomic E-state index is 0.0206. The van der Waals surface area contributed by atoms with Crippen LogP contribution in [0.1, 0.15) is 18.4 Å². The molecule has 4 rings (SSSR count). The first-order valence-electron chi connectivity index (χ1n) is 9.91. The molecule has 28 heavy (non-hydrogen) atoms. The predicted octanol–water partition coefficient (Wildman–Crippen LogP) is 1.98. The van der Waals surface area contributed by atoms with Crippen LogP contribution in [-0.2, 0) is 11.3 Å². The summed E-state index contributed by atoms with van der Waals surface area (Å²) in [6.45, 7) is 3.23. The first-order valence-corrected chi connectivity index (χ1v) is 9.91. The SMILES string of the molecule is O=C(COc1cccc2cccnc12)NC1CC[NH+](Cc2ccccc2)CC1. The van der Waals surface area contributed by atoms with Gasteiger partial charge in [-0.2, -0.15) is 0 Å². The largest absolute Gasteiger partial charge is 0.481 e. The quantitative estimate of drug-likeness (QED) is 0.692. The number of amides is 1. The summed E-state index contributed by atoms with van der Waals surface area (Å²) in [6, 6.07) is 20.5. The molecule has 2 N–H and O–H groups in total. The van der Waals surface area contributed by atoms with Crippen LogP contribution in [0.5, 0.6) is 5.75 Å². The second-order valence-electron chi connectivity index (χ2n) is 7.37. The van der Waals surface area contributed by atoms with Gasteiger partial charge in [0.2, 0.25) is 0 Å². The second kappa shape index (κ2) is 8.85. The van der Waals surface area contributed by atoms with Crippen LogP contribution in [0, 0.1) is 0 Å². The molecule has 0 saturated carbocycles. The number of nitrogens with zero attached hydrogens (tertiary/aromatic N) is 1. The predicted molar refractivity (Wildman–Crippen MR) is 109 cm³/mol. The number of piperidine rings is 1. The highest BCUT2D eigenvalue weighted by Crippen LogP contribution is 2.22. The highest BCUT2D eigenvalue weighted by atomic mass is 16.5. The minimum Gasteiger partial charge on any atom is -0.481 e. The fourth-order valence-electron chi connectivity index (χ4n) is 3.84. The van der Waals surface area contributed by atoms with Crippen molar-refractivity contribution in [3.05, 3.63) is 72.4 Å². The molecule has 1 amide bonds. The van der Waals surface area contributed by atoms with Crippen LogP contribution in [-0.4, -0.2) is 36.6 Å². The highest BCUT2D eigenvalue weighted by molar-refractivity contribution is 5.85. The van der Waals surface area contributed by atoms with Crippen molar-refractivity contribution >= 4 is 16.8 Å². The fourth-order valence-corrected chi connectivity index (χ4v) is 3.84. The molecule has 1 aromatic heterocycles. The fraction of sp³-hybridized carbons (Fsp3) is 0.304. The summed E-state index contributed by atoms with van der Waals surface area (Å²) in [7, 11) is 0. The Labute approximate surface area is 165 Å². The Morgan fingerprint density at radius 2 is 1.82 bits per heavy atom. The highest BCUT2D eigenvalue weighted by Gasteiger charge is 2.23. The molecule has 1 aliphatic heterocycles. The first kappa shape index (κ1) is 18.4. The second-order valence-corrected chi connectivity index (χ2v) is 7.37. The van der Waals surface area contributed by atoms with E-state index in [1.54, 1.807) is 11.1 Å². The number of quaternary nitrogens is 1. The van der Waals surface area contributed by atoms with Gasteiger partial charge in [0.05, 0.1) is 13.1 Å². The number of hydrogen-bond donors (Lipinski definition) is 2. The van der Waals surface area contributed by atoms with E-state index < -0.39 is 0 Å². The average Bonchev–Trinajstić information content (AvgIpc) is 2.74. The Morgan fingerprint density at radius 3 is 2.64 bits per heavy atom. The number of ether oxygens (including phenoxy) is 1. The van der Waals surface area contributed by atoms with Crippen molar-refractivity contribution in [2.24, 2.45) is 0 Å². The maximum Gasteiger partial charge on any atom is 0.258 e. The third kappa shape index (κ3) is 4.67. The van der Waals surface area contributed by atoms with Gasteiger partial charge in [-0.1, -0.05) is 48.5 Å². The zero-order valence-corrected chi connectivity index (χ0v) is 15.9. The Morgan fingerprint density at radius 1 is 1.04 bits per heavy atom. The van der Waals surface area contributed by atoms with Crippen LogP contribution in [0.4, 0.5) is 0 Å². The number of likely N-dealkylation sites (tertiary alicyclic amines) is 1. The van der Waals surface area contributed by atoms with Gasteiger partial charge in [-0.25, -0.2) is 0 Å². The molecule has 0 unspecified atom stereocenters. The lowest BCUT2D eigenvalue weighted by Gasteiger charge is -2.29. The molecule has 144 valence electrons. The van der Waals surface area contributed by atoms with Gasteiger partial charge in [-0.05, 0) is 12.1 Å². The van der Waals surface area contributed by atoms with E-state index >= 15 is 0 Å². The van der Waals surface area contributed by atoms with Gasteiger partial charge in [0.1, 0.15) is 17.8 Å². The van der Waals surface area contributed by atoms with E-state index in [1.807, 2.05) is 30.3 Å². The normalized spacial score (nSPS) is 19.3. The number of carbonyl (C=O) groups excluding carboxylic acids is 1. The lowest BCUT2D eigenvalue weighted by molar-refractivity contribution is -0.918. The maximum atomic E-state index is 12.3. The van der Waals surface area contributed by atoms with Crippen LogP contribution in [0.15, 0.2) is 66.9 Å². The molecule has 1 aliphatic rings. The zero-order valence-electron chi connectivity index (χ0n) is 15.9. The molecule has 0 atom stereocenters. The number of nitrogens with one attached hydrogen (secondary N) is 2. The number of hydrogen-bond acceptors (Lipinski definition) is 3. The summed E-state index contributed by atoms with van der Waals surface area (Å²) < 4.78 is 5.74. The Balaban J connectivity index is 1.24. The van der Waals surface area contributed by atoms with Crippen LogP contribution in [0.2, 0.25) is 0 Å². The molecule has 0 radical (unpaired) electrons. The van der Waals surface area contributed by atoms with E-state index in [4.69, 9.17) is 4.74 Å². The van der Waals surface area contributed by atoms with E-state index in [1.165, 1.54) is 5.56 Å². The molecule has 0 aliphatic carbocycles. The van der Waals surface area contributed by atoms with Gasteiger partial charge in [0.25, 0.3) is 5.91 Å². The topological polar surface area (TPSA) is 55.7 Å². The number of benzene rings is 2. The lowest BCUT2D eigenvalue weighted by atomic mass is 10.0. The number of para-hydroxylation sites is 1. The Hall–Kier alpha value is -2.92. The molecule has 0 bridgehead atoms. The van der Waals surface area contributed by atoms with Crippen molar-refractivity contribution in [3.63, 3.8) is 0 Å². The van der Waals surface area contributed by atoms with Crippen molar-refractivity contribution in [2.45, 2.75) is 25.4 Å².